The number of methoxy groups -OCH3 is 1. The number of sulfonamides is 1. The Kier molecular flexibility index (Phi) is 6.71. The molecule has 0 aromatic heterocycles. The first kappa shape index (κ1) is 25.7. The number of Topliss-reactive ketones (excluding diaryl/α,β-unsaturated/α-hetero) is 1. The summed E-state index contributed by atoms with van der Waals surface area (Å²) in [6, 6.07) is 5.17. The van der Waals surface area contributed by atoms with Gasteiger partial charge in [-0.3, -0.25) is 19.7 Å². The Hall–Kier alpha value is -1.96. The SMILES string of the molecule is COCON(CCC[C@]12[C@@H]3CC(=O)[C@]14CC[C@H](O[C@H]2C[C@@H](C)C3)O4)S(=O)(=O)c1ccccc1[N+](=O)[O-]. The summed E-state index contributed by atoms with van der Waals surface area (Å²) in [5.41, 5.74) is -1.92. The van der Waals surface area contributed by atoms with Gasteiger partial charge in [0, 0.05) is 38.0 Å². The van der Waals surface area contributed by atoms with Gasteiger partial charge in [0.1, 0.15) is 5.60 Å². The second kappa shape index (κ2) is 9.41. The molecule has 4 fully saturated rings. The van der Waals surface area contributed by atoms with Crippen LogP contribution in [0.25, 0.3) is 0 Å². The van der Waals surface area contributed by atoms with Crippen molar-refractivity contribution in [3.8, 4) is 0 Å². The van der Waals surface area contributed by atoms with E-state index in [9.17, 15) is 23.3 Å². The Morgan fingerprint density at radius 1 is 1.28 bits per heavy atom. The summed E-state index contributed by atoms with van der Waals surface area (Å²) < 4.78 is 45.2. The van der Waals surface area contributed by atoms with Gasteiger partial charge in [0.25, 0.3) is 15.7 Å². The molecule has 12 heteroatoms. The highest BCUT2D eigenvalue weighted by atomic mass is 32.2. The van der Waals surface area contributed by atoms with Gasteiger partial charge < -0.3 is 14.2 Å². The summed E-state index contributed by atoms with van der Waals surface area (Å²) in [6.07, 6.45) is 3.88. The first-order valence-electron chi connectivity index (χ1n) is 12.4. The summed E-state index contributed by atoms with van der Waals surface area (Å²) in [6.45, 7) is 1.77. The minimum atomic E-state index is -4.37. The van der Waals surface area contributed by atoms with Gasteiger partial charge in [-0.25, -0.2) is 8.42 Å². The Balaban J connectivity index is 1.42. The molecule has 5 rings (SSSR count). The molecule has 6 atom stereocenters. The van der Waals surface area contributed by atoms with E-state index in [2.05, 4.69) is 6.92 Å². The summed E-state index contributed by atoms with van der Waals surface area (Å²) in [7, 11) is -3.01. The zero-order valence-electron chi connectivity index (χ0n) is 20.5. The van der Waals surface area contributed by atoms with Crippen molar-refractivity contribution < 1.29 is 37.2 Å². The first-order valence-corrected chi connectivity index (χ1v) is 13.8. The first-order chi connectivity index (χ1) is 17.2. The second-order valence-electron chi connectivity index (χ2n) is 10.4. The lowest BCUT2D eigenvalue weighted by Crippen LogP contribution is -2.63. The zero-order valence-corrected chi connectivity index (χ0v) is 21.3. The summed E-state index contributed by atoms with van der Waals surface area (Å²) in [4.78, 5) is 29.0. The monoisotopic (exact) mass is 524 g/mol. The van der Waals surface area contributed by atoms with E-state index in [1.54, 1.807) is 0 Å². The number of hydrogen-bond acceptors (Lipinski definition) is 9. The molecule has 1 spiro atoms. The van der Waals surface area contributed by atoms with Crippen molar-refractivity contribution in [2.75, 3.05) is 20.4 Å². The number of nitro benzene ring substituents is 1. The standard InChI is InChI=1S/C24H32N2O9S/c1-16-12-17-14-20(27)24-10-8-22(35-24)34-21(13-16)23(17,24)9-5-11-25(33-15-32-2)36(30,31)19-7-4-3-6-18(19)26(28)29/h3-4,6-7,16-17,21-22H,5,8-15H2,1-2H3/t16-,17-,21-,22+,23+,24+/m0/s1. The van der Waals surface area contributed by atoms with Crippen molar-refractivity contribution in [2.45, 2.75) is 74.8 Å². The maximum atomic E-state index is 13.4. The number of carbonyl (C=O) groups excluding carboxylic acids is 1. The number of ketones is 1. The van der Waals surface area contributed by atoms with Gasteiger partial charge in [-0.1, -0.05) is 23.5 Å². The topological polar surface area (TPSA) is 135 Å². The van der Waals surface area contributed by atoms with Crippen LogP contribution in [0.5, 0.6) is 0 Å². The van der Waals surface area contributed by atoms with Crippen molar-refractivity contribution in [1.82, 2.24) is 4.47 Å². The lowest BCUT2D eigenvalue weighted by molar-refractivity contribution is -0.388. The Bertz CT molecular complexity index is 1140. The lowest BCUT2D eigenvalue weighted by atomic mass is 9.56. The predicted octanol–water partition coefficient (Wildman–Crippen LogP) is 3.18. The predicted molar refractivity (Wildman–Crippen MR) is 125 cm³/mol. The molecular weight excluding hydrogens is 492 g/mol. The number of para-hydroxylation sites is 1. The van der Waals surface area contributed by atoms with E-state index >= 15 is 0 Å². The summed E-state index contributed by atoms with van der Waals surface area (Å²) in [5.74, 6) is 0.671. The van der Waals surface area contributed by atoms with Gasteiger partial charge >= 0.3 is 0 Å². The fourth-order valence-electron chi connectivity index (χ4n) is 7.17. The smallest absolute Gasteiger partial charge is 0.289 e. The largest absolute Gasteiger partial charge is 0.357 e. The van der Waals surface area contributed by atoms with Gasteiger partial charge in [-0.2, -0.15) is 0 Å². The van der Waals surface area contributed by atoms with Crippen LogP contribution in [-0.4, -0.2) is 62.0 Å². The van der Waals surface area contributed by atoms with Crippen molar-refractivity contribution in [3.05, 3.63) is 34.4 Å². The van der Waals surface area contributed by atoms with E-state index in [1.807, 2.05) is 0 Å². The van der Waals surface area contributed by atoms with Crippen LogP contribution in [0.4, 0.5) is 5.69 Å². The fourth-order valence-corrected chi connectivity index (χ4v) is 8.60. The molecule has 4 aliphatic rings. The van der Waals surface area contributed by atoms with Crippen LogP contribution in [0.1, 0.15) is 51.9 Å². The van der Waals surface area contributed by atoms with E-state index in [4.69, 9.17) is 19.0 Å². The van der Waals surface area contributed by atoms with E-state index in [0.29, 0.717) is 38.0 Å². The number of fused-ring (bicyclic) bond motifs is 1. The molecule has 11 nitrogen and oxygen atoms in total. The van der Waals surface area contributed by atoms with Crippen molar-refractivity contribution in [2.24, 2.45) is 17.3 Å². The van der Waals surface area contributed by atoms with Crippen molar-refractivity contribution >= 4 is 21.5 Å². The van der Waals surface area contributed by atoms with Gasteiger partial charge in [-0.05, 0) is 50.0 Å². The van der Waals surface area contributed by atoms with Crippen LogP contribution in [0.2, 0.25) is 0 Å². The third-order valence-electron chi connectivity index (χ3n) is 8.47. The molecule has 0 radical (unpaired) electrons. The van der Waals surface area contributed by atoms with E-state index < -0.39 is 36.5 Å². The fraction of sp³-hybridized carbons (Fsp3) is 0.708. The molecule has 2 saturated heterocycles. The molecule has 0 N–H and O–H groups in total. The average molecular weight is 525 g/mol. The maximum absolute atomic E-state index is 13.4. The van der Waals surface area contributed by atoms with Crippen molar-refractivity contribution in [1.29, 1.82) is 0 Å². The average Bonchev–Trinajstić information content (AvgIpc) is 3.32. The van der Waals surface area contributed by atoms with Crippen LogP contribution < -0.4 is 0 Å². The quantitative estimate of drug-likeness (QED) is 0.257. The molecule has 2 aliphatic heterocycles. The number of hydrogen-bond donors (Lipinski definition) is 0. The van der Waals surface area contributed by atoms with Gasteiger partial charge in [-0.15, -0.1) is 0 Å². The summed E-state index contributed by atoms with van der Waals surface area (Å²) >= 11 is 0. The summed E-state index contributed by atoms with van der Waals surface area (Å²) in [5, 5.41) is 11.5. The number of nitrogens with zero attached hydrogens (tertiary/aromatic N) is 2. The highest BCUT2D eigenvalue weighted by Gasteiger charge is 2.74. The Morgan fingerprint density at radius 2 is 2.06 bits per heavy atom. The van der Waals surface area contributed by atoms with E-state index in [1.165, 1.54) is 25.3 Å². The van der Waals surface area contributed by atoms with Crippen LogP contribution in [0.15, 0.2) is 29.2 Å². The van der Waals surface area contributed by atoms with Crippen LogP contribution in [0, 0.1) is 27.4 Å². The normalized spacial score (nSPS) is 35.2. The second-order valence-corrected chi connectivity index (χ2v) is 12.2. The molecule has 2 heterocycles. The molecule has 0 amide bonds. The van der Waals surface area contributed by atoms with Crippen LogP contribution in [0.3, 0.4) is 0 Å². The van der Waals surface area contributed by atoms with Gasteiger partial charge in [0.05, 0.1) is 11.0 Å². The number of hydroxylamine groups is 1. The molecule has 0 unspecified atom stereocenters. The molecule has 1 aromatic carbocycles. The number of ether oxygens (including phenoxy) is 3. The van der Waals surface area contributed by atoms with Gasteiger partial charge in [0.15, 0.2) is 23.8 Å². The molecule has 1 aromatic rings. The molecule has 198 valence electrons. The minimum Gasteiger partial charge on any atom is -0.357 e. The van der Waals surface area contributed by atoms with E-state index in [-0.39, 0.29) is 37.4 Å². The van der Waals surface area contributed by atoms with Crippen LogP contribution in [-0.2, 0) is 33.9 Å². The number of benzene rings is 1. The van der Waals surface area contributed by atoms with Gasteiger partial charge in [0.2, 0.25) is 0 Å². The third-order valence-corrected chi connectivity index (χ3v) is 10.2. The molecule has 2 saturated carbocycles. The number of rotatable bonds is 10. The molecular formula is C24H32N2O9S. The third kappa shape index (κ3) is 3.81. The highest BCUT2D eigenvalue weighted by molar-refractivity contribution is 7.89. The Morgan fingerprint density at radius 3 is 2.81 bits per heavy atom. The number of carbonyl (C=O) groups is 1. The number of nitro groups is 1. The maximum Gasteiger partial charge on any atom is 0.289 e. The minimum absolute atomic E-state index is 0.0673. The lowest BCUT2D eigenvalue weighted by Gasteiger charge is -2.56. The highest BCUT2D eigenvalue weighted by Crippen LogP contribution is 2.67. The molecule has 36 heavy (non-hydrogen) atoms. The van der Waals surface area contributed by atoms with E-state index in [0.717, 1.165) is 23.4 Å². The molecule has 2 bridgehead atoms. The van der Waals surface area contributed by atoms with Crippen LogP contribution >= 0.6 is 0 Å². The Labute approximate surface area is 210 Å². The van der Waals surface area contributed by atoms with Crippen molar-refractivity contribution in [3.63, 3.8) is 0 Å². The molecule has 2 aliphatic carbocycles. The zero-order chi connectivity index (χ0) is 25.7.